The molecule has 0 bridgehead atoms. The average Bonchev–Trinajstić information content (AvgIpc) is 2.20. The van der Waals surface area contributed by atoms with E-state index >= 15 is 0 Å². The Hall–Kier alpha value is -0.530. The predicted molar refractivity (Wildman–Crippen MR) is 72.1 cm³/mol. The second kappa shape index (κ2) is 6.58. The molecule has 0 fully saturated rings. The van der Waals surface area contributed by atoms with Gasteiger partial charge in [-0.2, -0.15) is 13.2 Å². The molecular weight excluding hydrogens is 361 g/mol. The first-order valence-electron chi connectivity index (χ1n) is 5.56. The molecule has 6 heteroatoms. The van der Waals surface area contributed by atoms with Crippen LogP contribution in [0.1, 0.15) is 26.2 Å². The fourth-order valence-electron chi connectivity index (χ4n) is 1.55. The Balaban J connectivity index is 2.42. The molecule has 0 amide bonds. The summed E-state index contributed by atoms with van der Waals surface area (Å²) in [7, 11) is 0. The fraction of sp³-hybridized carbons (Fsp3) is 0.500. The van der Waals surface area contributed by atoms with Gasteiger partial charge in [0, 0.05) is 21.7 Å². The van der Waals surface area contributed by atoms with Gasteiger partial charge in [-0.25, -0.2) is 4.39 Å². The highest BCUT2D eigenvalue weighted by molar-refractivity contribution is 14.1. The smallest absolute Gasteiger partial charge is 0.382 e. The maximum absolute atomic E-state index is 12.9. The van der Waals surface area contributed by atoms with Crippen LogP contribution in [-0.2, 0) is 0 Å². The van der Waals surface area contributed by atoms with Crippen molar-refractivity contribution in [1.29, 1.82) is 0 Å². The lowest BCUT2D eigenvalue weighted by molar-refractivity contribution is -0.135. The quantitative estimate of drug-likeness (QED) is 0.567. The molecular formula is C12H14F4IN. The molecule has 0 saturated carbocycles. The molecule has 102 valence electrons. The molecule has 1 atom stereocenters. The molecule has 1 nitrogen and oxygen atoms in total. The van der Waals surface area contributed by atoms with Gasteiger partial charge in [0.2, 0.25) is 0 Å². The minimum Gasteiger partial charge on any atom is -0.382 e. The number of halogens is 5. The molecule has 0 aliphatic rings. The van der Waals surface area contributed by atoms with E-state index in [0.29, 0.717) is 6.42 Å². The Labute approximate surface area is 117 Å². The summed E-state index contributed by atoms with van der Waals surface area (Å²) in [5.41, 5.74) is 0.747. The molecule has 1 aromatic rings. The molecule has 1 aromatic carbocycles. The van der Waals surface area contributed by atoms with Crippen LogP contribution in [0.4, 0.5) is 23.2 Å². The number of alkyl halides is 3. The van der Waals surface area contributed by atoms with Crippen LogP contribution in [-0.4, -0.2) is 12.2 Å². The third-order valence-electron chi connectivity index (χ3n) is 2.43. The van der Waals surface area contributed by atoms with Crippen LogP contribution in [0.3, 0.4) is 0 Å². The zero-order valence-corrected chi connectivity index (χ0v) is 12.0. The van der Waals surface area contributed by atoms with E-state index in [-0.39, 0.29) is 18.3 Å². The molecule has 0 aliphatic heterocycles. The summed E-state index contributed by atoms with van der Waals surface area (Å²) in [6.07, 6.45) is -4.34. The van der Waals surface area contributed by atoms with Crippen molar-refractivity contribution in [2.75, 3.05) is 5.32 Å². The Bertz CT molecular complexity index is 392. The van der Waals surface area contributed by atoms with Gasteiger partial charge in [0.05, 0.1) is 0 Å². The van der Waals surface area contributed by atoms with Crippen LogP contribution < -0.4 is 5.32 Å². The van der Waals surface area contributed by atoms with Gasteiger partial charge in [0.25, 0.3) is 0 Å². The van der Waals surface area contributed by atoms with Crippen molar-refractivity contribution in [3.05, 3.63) is 27.6 Å². The Morgan fingerprint density at radius 2 is 2.00 bits per heavy atom. The summed E-state index contributed by atoms with van der Waals surface area (Å²) in [5, 5.41) is 3.08. The second-order valence-corrected chi connectivity index (χ2v) is 5.34. The summed E-state index contributed by atoms with van der Waals surface area (Å²) < 4.78 is 49.5. The van der Waals surface area contributed by atoms with Crippen LogP contribution >= 0.6 is 22.6 Å². The molecule has 1 rings (SSSR count). The van der Waals surface area contributed by atoms with E-state index in [4.69, 9.17) is 0 Å². The van der Waals surface area contributed by atoms with E-state index in [0.717, 1.165) is 9.26 Å². The molecule has 0 radical (unpaired) electrons. The third kappa shape index (κ3) is 5.88. The molecule has 18 heavy (non-hydrogen) atoms. The first-order chi connectivity index (χ1) is 8.28. The largest absolute Gasteiger partial charge is 0.389 e. The SMILES string of the molecule is CC(CCCC(F)(F)F)Nc1ccc(F)cc1I. The van der Waals surface area contributed by atoms with Crippen LogP contribution in [0, 0.1) is 9.39 Å². The van der Waals surface area contributed by atoms with Gasteiger partial charge in [-0.05, 0) is 60.6 Å². The number of rotatable bonds is 5. The van der Waals surface area contributed by atoms with E-state index in [1.165, 1.54) is 12.1 Å². The zero-order chi connectivity index (χ0) is 13.8. The maximum atomic E-state index is 12.9. The van der Waals surface area contributed by atoms with Crippen LogP contribution in [0.15, 0.2) is 18.2 Å². The van der Waals surface area contributed by atoms with Crippen LogP contribution in [0.25, 0.3) is 0 Å². The van der Waals surface area contributed by atoms with Gasteiger partial charge < -0.3 is 5.32 Å². The Morgan fingerprint density at radius 3 is 2.56 bits per heavy atom. The molecule has 1 N–H and O–H groups in total. The number of benzene rings is 1. The normalized spacial score (nSPS) is 13.4. The summed E-state index contributed by atoms with van der Waals surface area (Å²) in [4.78, 5) is 0. The summed E-state index contributed by atoms with van der Waals surface area (Å²) >= 11 is 1.99. The van der Waals surface area contributed by atoms with E-state index in [9.17, 15) is 17.6 Å². The van der Waals surface area contributed by atoms with E-state index in [2.05, 4.69) is 5.32 Å². The van der Waals surface area contributed by atoms with Gasteiger partial charge in [-0.1, -0.05) is 0 Å². The van der Waals surface area contributed by atoms with Crippen LogP contribution in [0.5, 0.6) is 0 Å². The molecule has 1 unspecified atom stereocenters. The topological polar surface area (TPSA) is 12.0 Å². The van der Waals surface area contributed by atoms with Crippen molar-refractivity contribution in [1.82, 2.24) is 0 Å². The third-order valence-corrected chi connectivity index (χ3v) is 3.32. The molecule has 0 aliphatic carbocycles. The first kappa shape index (κ1) is 15.5. The van der Waals surface area contributed by atoms with Crippen molar-refractivity contribution in [2.45, 2.75) is 38.4 Å². The van der Waals surface area contributed by atoms with Crippen molar-refractivity contribution in [3.63, 3.8) is 0 Å². The minimum atomic E-state index is -4.09. The average molecular weight is 375 g/mol. The van der Waals surface area contributed by atoms with E-state index in [1.807, 2.05) is 29.5 Å². The lowest BCUT2D eigenvalue weighted by Crippen LogP contribution is -2.17. The number of hydrogen-bond donors (Lipinski definition) is 1. The summed E-state index contributed by atoms with van der Waals surface area (Å²) in [6.45, 7) is 1.82. The van der Waals surface area contributed by atoms with Crippen molar-refractivity contribution >= 4 is 28.3 Å². The van der Waals surface area contributed by atoms with Crippen LogP contribution in [0.2, 0.25) is 0 Å². The van der Waals surface area contributed by atoms with Gasteiger partial charge in [-0.15, -0.1) is 0 Å². The van der Waals surface area contributed by atoms with E-state index in [1.54, 1.807) is 6.07 Å². The van der Waals surface area contributed by atoms with Crippen molar-refractivity contribution < 1.29 is 17.6 Å². The Morgan fingerprint density at radius 1 is 1.33 bits per heavy atom. The lowest BCUT2D eigenvalue weighted by atomic mass is 10.1. The zero-order valence-electron chi connectivity index (χ0n) is 9.82. The monoisotopic (exact) mass is 375 g/mol. The minimum absolute atomic E-state index is 0.0775. The molecule has 0 spiro atoms. The van der Waals surface area contributed by atoms with Gasteiger partial charge in [0.1, 0.15) is 5.82 Å². The van der Waals surface area contributed by atoms with Gasteiger partial charge in [-0.3, -0.25) is 0 Å². The highest BCUT2D eigenvalue weighted by Gasteiger charge is 2.26. The van der Waals surface area contributed by atoms with Gasteiger partial charge >= 0.3 is 6.18 Å². The standard InChI is InChI=1S/C12H14F4IN/c1-8(3-2-6-12(14,15)16)18-11-5-4-9(13)7-10(11)17/h4-5,7-8,18H,2-3,6H2,1H3. The first-order valence-corrected chi connectivity index (χ1v) is 6.64. The highest BCUT2D eigenvalue weighted by atomic mass is 127. The summed E-state index contributed by atoms with van der Waals surface area (Å²) in [6, 6.07) is 4.22. The van der Waals surface area contributed by atoms with Gasteiger partial charge in [0.15, 0.2) is 0 Å². The number of hydrogen-bond acceptors (Lipinski definition) is 1. The predicted octanol–water partition coefficient (Wildman–Crippen LogP) is 4.96. The number of nitrogens with one attached hydrogen (secondary N) is 1. The number of anilines is 1. The molecule has 0 aromatic heterocycles. The van der Waals surface area contributed by atoms with E-state index < -0.39 is 12.6 Å². The van der Waals surface area contributed by atoms with Crippen molar-refractivity contribution in [3.8, 4) is 0 Å². The molecule has 0 saturated heterocycles. The fourth-order valence-corrected chi connectivity index (χ4v) is 2.19. The maximum Gasteiger partial charge on any atom is 0.389 e. The summed E-state index contributed by atoms with van der Waals surface area (Å²) in [5.74, 6) is -0.324. The Kier molecular flexibility index (Phi) is 5.68. The van der Waals surface area contributed by atoms with Crippen molar-refractivity contribution in [2.24, 2.45) is 0 Å². The second-order valence-electron chi connectivity index (χ2n) is 4.18. The molecule has 0 heterocycles. The highest BCUT2D eigenvalue weighted by Crippen LogP contribution is 2.24. The lowest BCUT2D eigenvalue weighted by Gasteiger charge is -2.17.